The van der Waals surface area contributed by atoms with Crippen LogP contribution in [0.25, 0.3) is 11.3 Å². The van der Waals surface area contributed by atoms with Crippen molar-refractivity contribution < 1.29 is 9.18 Å². The van der Waals surface area contributed by atoms with Crippen LogP contribution >= 0.6 is 0 Å². The van der Waals surface area contributed by atoms with Gasteiger partial charge in [-0.3, -0.25) is 9.78 Å². The van der Waals surface area contributed by atoms with Gasteiger partial charge in [-0.1, -0.05) is 12.1 Å². The number of nitrogens with two attached hydrogens (primary N) is 1. The van der Waals surface area contributed by atoms with Gasteiger partial charge in [0.05, 0.1) is 11.3 Å². The molecule has 1 aliphatic rings. The van der Waals surface area contributed by atoms with Gasteiger partial charge in [0, 0.05) is 23.8 Å². The van der Waals surface area contributed by atoms with Gasteiger partial charge in [0.1, 0.15) is 5.82 Å². The number of halogens is 1. The van der Waals surface area contributed by atoms with E-state index in [4.69, 9.17) is 5.73 Å². The van der Waals surface area contributed by atoms with Crippen LogP contribution in [0.15, 0.2) is 42.6 Å². The highest BCUT2D eigenvalue weighted by Crippen LogP contribution is 2.19. The average molecular weight is 313 g/mol. The molecule has 0 unspecified atom stereocenters. The molecule has 1 amide bonds. The van der Waals surface area contributed by atoms with Gasteiger partial charge in [0.2, 0.25) is 0 Å². The molecule has 2 atom stereocenters. The van der Waals surface area contributed by atoms with E-state index in [-0.39, 0.29) is 23.8 Å². The highest BCUT2D eigenvalue weighted by Gasteiger charge is 2.21. The molecule has 0 radical (unpaired) electrons. The Bertz CT molecular complexity index is 687. The van der Waals surface area contributed by atoms with Gasteiger partial charge in [0.25, 0.3) is 5.91 Å². The molecule has 1 aromatic carbocycles. The van der Waals surface area contributed by atoms with Gasteiger partial charge in [-0.15, -0.1) is 0 Å². The van der Waals surface area contributed by atoms with Gasteiger partial charge in [-0.2, -0.15) is 0 Å². The number of benzene rings is 1. The van der Waals surface area contributed by atoms with Crippen LogP contribution in [-0.4, -0.2) is 23.0 Å². The van der Waals surface area contributed by atoms with Crippen LogP contribution in [0.2, 0.25) is 0 Å². The maximum atomic E-state index is 13.3. The highest BCUT2D eigenvalue weighted by molar-refractivity contribution is 5.94. The zero-order chi connectivity index (χ0) is 16.2. The van der Waals surface area contributed by atoms with Crippen molar-refractivity contribution in [1.29, 1.82) is 0 Å². The molecule has 5 heteroatoms. The molecule has 120 valence electrons. The summed E-state index contributed by atoms with van der Waals surface area (Å²) in [6, 6.07) is 9.98. The molecule has 0 spiro atoms. The lowest BCUT2D eigenvalue weighted by Crippen LogP contribution is -2.42. The van der Waals surface area contributed by atoms with Crippen molar-refractivity contribution in [2.45, 2.75) is 37.8 Å². The smallest absolute Gasteiger partial charge is 0.253 e. The number of hydrogen-bond acceptors (Lipinski definition) is 3. The van der Waals surface area contributed by atoms with Crippen molar-refractivity contribution in [3.8, 4) is 11.3 Å². The number of carbonyl (C=O) groups is 1. The van der Waals surface area contributed by atoms with Crippen LogP contribution in [0.4, 0.5) is 4.39 Å². The summed E-state index contributed by atoms with van der Waals surface area (Å²) < 4.78 is 13.3. The summed E-state index contributed by atoms with van der Waals surface area (Å²) in [4.78, 5) is 16.5. The molecule has 1 saturated carbocycles. The lowest BCUT2D eigenvalue weighted by Gasteiger charge is -2.27. The van der Waals surface area contributed by atoms with E-state index < -0.39 is 0 Å². The fourth-order valence-electron chi connectivity index (χ4n) is 2.97. The van der Waals surface area contributed by atoms with Crippen molar-refractivity contribution in [3.63, 3.8) is 0 Å². The number of aromatic nitrogens is 1. The normalized spacial score (nSPS) is 21.0. The SMILES string of the molecule is N[C@H]1CCC[C@@H](NC(=O)c2ccc(-c3cccc(F)c3)nc2)C1. The van der Waals surface area contributed by atoms with Crippen molar-refractivity contribution in [3.05, 3.63) is 54.0 Å². The quantitative estimate of drug-likeness (QED) is 0.915. The Kier molecular flexibility index (Phi) is 4.67. The minimum Gasteiger partial charge on any atom is -0.349 e. The lowest BCUT2D eigenvalue weighted by molar-refractivity contribution is 0.0925. The molecule has 1 aromatic heterocycles. The van der Waals surface area contributed by atoms with Gasteiger partial charge in [0.15, 0.2) is 0 Å². The Morgan fingerprint density at radius 1 is 1.26 bits per heavy atom. The first-order valence-corrected chi connectivity index (χ1v) is 7.90. The summed E-state index contributed by atoms with van der Waals surface area (Å²) >= 11 is 0. The summed E-state index contributed by atoms with van der Waals surface area (Å²) in [6.07, 6.45) is 5.38. The molecule has 3 N–H and O–H groups in total. The molecule has 0 aliphatic heterocycles. The number of rotatable bonds is 3. The zero-order valence-corrected chi connectivity index (χ0v) is 12.8. The van der Waals surface area contributed by atoms with E-state index in [0.717, 1.165) is 25.7 Å². The van der Waals surface area contributed by atoms with Crippen LogP contribution < -0.4 is 11.1 Å². The molecule has 4 nitrogen and oxygen atoms in total. The van der Waals surface area contributed by atoms with Crippen molar-refractivity contribution in [2.24, 2.45) is 5.73 Å². The number of pyridine rings is 1. The zero-order valence-electron chi connectivity index (χ0n) is 12.8. The first-order chi connectivity index (χ1) is 11.1. The predicted molar refractivity (Wildman–Crippen MR) is 87.3 cm³/mol. The standard InChI is InChI=1S/C18H20FN3O/c19-14-4-1-3-12(9-14)17-8-7-13(11-21-17)18(23)22-16-6-2-5-15(20)10-16/h1,3-4,7-9,11,15-16H,2,5-6,10,20H2,(H,22,23)/t15-,16+/m0/s1. The molecule has 23 heavy (non-hydrogen) atoms. The average Bonchev–Trinajstić information content (AvgIpc) is 2.55. The van der Waals surface area contributed by atoms with Crippen molar-refractivity contribution in [2.75, 3.05) is 0 Å². The van der Waals surface area contributed by atoms with Crippen LogP contribution in [0.1, 0.15) is 36.0 Å². The molecule has 0 bridgehead atoms. The predicted octanol–water partition coefficient (Wildman–Crippen LogP) is 2.89. The van der Waals surface area contributed by atoms with E-state index in [9.17, 15) is 9.18 Å². The topological polar surface area (TPSA) is 68.0 Å². The molecule has 1 fully saturated rings. The van der Waals surface area contributed by atoms with E-state index in [2.05, 4.69) is 10.3 Å². The van der Waals surface area contributed by atoms with Crippen LogP contribution in [-0.2, 0) is 0 Å². The second-order valence-electron chi connectivity index (χ2n) is 6.04. The fourth-order valence-corrected chi connectivity index (χ4v) is 2.97. The summed E-state index contributed by atoms with van der Waals surface area (Å²) in [5.74, 6) is -0.442. The molecular formula is C18H20FN3O. The largest absolute Gasteiger partial charge is 0.349 e. The molecule has 1 aliphatic carbocycles. The summed E-state index contributed by atoms with van der Waals surface area (Å²) in [5, 5.41) is 3.01. The summed E-state index contributed by atoms with van der Waals surface area (Å²) in [7, 11) is 0. The molecular weight excluding hydrogens is 293 g/mol. The van der Waals surface area contributed by atoms with Gasteiger partial charge in [-0.25, -0.2) is 4.39 Å². The second kappa shape index (κ2) is 6.87. The van der Waals surface area contributed by atoms with Crippen LogP contribution in [0.5, 0.6) is 0 Å². The Morgan fingerprint density at radius 2 is 2.13 bits per heavy atom. The van der Waals surface area contributed by atoms with Crippen molar-refractivity contribution in [1.82, 2.24) is 10.3 Å². The van der Waals surface area contributed by atoms with Crippen LogP contribution in [0.3, 0.4) is 0 Å². The Morgan fingerprint density at radius 3 is 2.83 bits per heavy atom. The third-order valence-corrected chi connectivity index (χ3v) is 4.20. The molecule has 3 rings (SSSR count). The number of nitrogens with one attached hydrogen (secondary N) is 1. The fraction of sp³-hybridized carbons (Fsp3) is 0.333. The Hall–Kier alpha value is -2.27. The monoisotopic (exact) mass is 313 g/mol. The van der Waals surface area contributed by atoms with E-state index in [1.165, 1.54) is 18.3 Å². The van der Waals surface area contributed by atoms with Crippen LogP contribution in [0, 0.1) is 5.82 Å². The van der Waals surface area contributed by atoms with E-state index >= 15 is 0 Å². The minimum atomic E-state index is -0.306. The number of carbonyl (C=O) groups excluding carboxylic acids is 1. The maximum Gasteiger partial charge on any atom is 0.253 e. The van der Waals surface area contributed by atoms with E-state index in [1.54, 1.807) is 24.3 Å². The lowest BCUT2D eigenvalue weighted by atomic mass is 9.91. The van der Waals surface area contributed by atoms with E-state index in [1.807, 2.05) is 0 Å². The molecule has 2 aromatic rings. The van der Waals surface area contributed by atoms with E-state index in [0.29, 0.717) is 16.8 Å². The third-order valence-electron chi connectivity index (χ3n) is 4.20. The number of hydrogen-bond donors (Lipinski definition) is 2. The summed E-state index contributed by atoms with van der Waals surface area (Å²) in [6.45, 7) is 0. The van der Waals surface area contributed by atoms with Gasteiger partial charge >= 0.3 is 0 Å². The third kappa shape index (κ3) is 3.93. The maximum absolute atomic E-state index is 13.3. The first-order valence-electron chi connectivity index (χ1n) is 7.90. The number of amides is 1. The minimum absolute atomic E-state index is 0.133. The number of nitrogens with zero attached hydrogens (tertiary/aromatic N) is 1. The Balaban J connectivity index is 1.68. The molecule has 1 heterocycles. The van der Waals surface area contributed by atoms with Gasteiger partial charge < -0.3 is 11.1 Å². The highest BCUT2D eigenvalue weighted by atomic mass is 19.1. The first kappa shape index (κ1) is 15.6. The summed E-state index contributed by atoms with van der Waals surface area (Å²) in [5.41, 5.74) is 7.78. The Labute approximate surface area is 134 Å². The molecule has 0 saturated heterocycles. The van der Waals surface area contributed by atoms with Crippen molar-refractivity contribution >= 4 is 5.91 Å². The second-order valence-corrected chi connectivity index (χ2v) is 6.04. The van der Waals surface area contributed by atoms with Gasteiger partial charge in [-0.05, 0) is 49.9 Å².